The molecule has 2 heterocycles. The highest BCUT2D eigenvalue weighted by atomic mass is 16.5. The van der Waals surface area contributed by atoms with Crippen LogP contribution in [0.5, 0.6) is 0 Å². The molecule has 0 amide bonds. The van der Waals surface area contributed by atoms with E-state index < -0.39 is 86.3 Å². The average Bonchev–Trinajstić information content (AvgIpc) is 2.89. The fourth-order valence-corrected chi connectivity index (χ4v) is 6.26. The molecule has 38 heavy (non-hydrogen) atoms. The molecule has 0 bridgehead atoms. The van der Waals surface area contributed by atoms with E-state index in [1.165, 1.54) is 0 Å². The number of likely N-dealkylation sites (N-methyl/N-ethyl adjacent to an activating group) is 2. The van der Waals surface area contributed by atoms with Gasteiger partial charge in [-0.05, 0) is 52.6 Å². The molecule has 2 aliphatic heterocycles. The van der Waals surface area contributed by atoms with Gasteiger partial charge in [0.15, 0.2) is 0 Å². The molecular formula is C26H52N2O10. The lowest BCUT2D eigenvalue weighted by Gasteiger charge is -2.49. The van der Waals surface area contributed by atoms with Gasteiger partial charge in [0.1, 0.15) is 36.6 Å². The minimum atomic E-state index is -1.40. The lowest BCUT2D eigenvalue weighted by molar-refractivity contribution is -0.207. The summed E-state index contributed by atoms with van der Waals surface area (Å²) >= 11 is 0. The summed E-state index contributed by atoms with van der Waals surface area (Å²) in [6.45, 7) is 6.53. The zero-order valence-corrected chi connectivity index (χ0v) is 23.5. The van der Waals surface area contributed by atoms with Gasteiger partial charge in [-0.1, -0.05) is 13.8 Å². The minimum absolute atomic E-state index is 0.0513. The number of hydrogen-bond acceptors (Lipinski definition) is 12. The molecule has 2 fully saturated rings. The Labute approximate surface area is 226 Å². The van der Waals surface area contributed by atoms with Gasteiger partial charge < -0.3 is 61.0 Å². The van der Waals surface area contributed by atoms with Gasteiger partial charge in [0.25, 0.3) is 0 Å². The predicted octanol–water partition coefficient (Wildman–Crippen LogP) is -2.83. The molecule has 2 rings (SSSR count). The van der Waals surface area contributed by atoms with Crippen LogP contribution in [-0.2, 0) is 9.47 Å². The Kier molecular flexibility index (Phi) is 13.3. The summed E-state index contributed by atoms with van der Waals surface area (Å²) in [5.41, 5.74) is 0. The molecule has 226 valence electrons. The molecule has 0 radical (unpaired) electrons. The van der Waals surface area contributed by atoms with E-state index in [4.69, 9.17) is 9.47 Å². The Morgan fingerprint density at radius 2 is 1.03 bits per heavy atom. The molecule has 2 saturated heterocycles. The van der Waals surface area contributed by atoms with Crippen molar-refractivity contribution in [1.29, 1.82) is 0 Å². The van der Waals surface area contributed by atoms with Crippen LogP contribution in [0, 0.1) is 23.7 Å². The van der Waals surface area contributed by atoms with Crippen LogP contribution in [-0.4, -0.2) is 141 Å². The summed E-state index contributed by atoms with van der Waals surface area (Å²) in [5, 5.41) is 88.0. The lowest BCUT2D eigenvalue weighted by Crippen LogP contribution is -2.64. The second-order valence-electron chi connectivity index (χ2n) is 11.5. The Hall–Kier alpha value is -0.480. The summed E-state index contributed by atoms with van der Waals surface area (Å²) in [7, 11) is 3.28. The van der Waals surface area contributed by atoms with Gasteiger partial charge in [0, 0.05) is 11.8 Å². The van der Waals surface area contributed by atoms with Gasteiger partial charge in [-0.2, -0.15) is 0 Å². The van der Waals surface area contributed by atoms with Crippen LogP contribution < -0.4 is 10.6 Å². The third-order valence-corrected chi connectivity index (χ3v) is 8.87. The first-order chi connectivity index (χ1) is 17.8. The molecular weight excluding hydrogens is 500 g/mol. The van der Waals surface area contributed by atoms with Crippen LogP contribution >= 0.6 is 0 Å². The van der Waals surface area contributed by atoms with Gasteiger partial charge in [0.2, 0.25) is 0 Å². The Balaban J connectivity index is 2.19. The van der Waals surface area contributed by atoms with E-state index in [9.17, 15) is 40.9 Å². The van der Waals surface area contributed by atoms with Crippen molar-refractivity contribution in [2.24, 2.45) is 23.7 Å². The van der Waals surface area contributed by atoms with Gasteiger partial charge in [-0.25, -0.2) is 0 Å². The van der Waals surface area contributed by atoms with Crippen molar-refractivity contribution < 1.29 is 50.3 Å². The standard InChI is InChI=1S/C26H52N2O10/c1-11(2)14(7-15-12(3)37-25(19(27-5)21(15)33)23(35)17(31)9-29)8-16-13(4)38-26(20(28-6)22(16)34)24(36)18(32)10-30/h11-36H,7-10H2,1-6H3. The van der Waals surface area contributed by atoms with Crippen molar-refractivity contribution in [2.75, 3.05) is 27.3 Å². The Morgan fingerprint density at radius 3 is 1.29 bits per heavy atom. The maximum atomic E-state index is 11.3. The lowest BCUT2D eigenvalue weighted by atomic mass is 9.71. The van der Waals surface area contributed by atoms with E-state index in [1.54, 1.807) is 14.1 Å². The first-order valence-corrected chi connectivity index (χ1v) is 13.8. The quantitative estimate of drug-likeness (QED) is 0.112. The topological polar surface area (TPSA) is 204 Å². The molecule has 0 aliphatic carbocycles. The predicted molar refractivity (Wildman–Crippen MR) is 139 cm³/mol. The smallest absolute Gasteiger partial charge is 0.110 e. The third kappa shape index (κ3) is 7.42. The molecule has 0 saturated carbocycles. The van der Waals surface area contributed by atoms with Crippen LogP contribution in [0.3, 0.4) is 0 Å². The first-order valence-electron chi connectivity index (χ1n) is 13.8. The Bertz CT molecular complexity index is 638. The second-order valence-corrected chi connectivity index (χ2v) is 11.5. The van der Waals surface area contributed by atoms with Crippen molar-refractivity contribution in [3.05, 3.63) is 0 Å². The average molecular weight is 553 g/mol. The van der Waals surface area contributed by atoms with E-state index in [0.717, 1.165) is 0 Å². The van der Waals surface area contributed by atoms with Crippen molar-refractivity contribution >= 4 is 0 Å². The monoisotopic (exact) mass is 552 g/mol. The minimum Gasteiger partial charge on any atom is -0.394 e. The van der Waals surface area contributed by atoms with Crippen molar-refractivity contribution in [3.8, 4) is 0 Å². The molecule has 14 atom stereocenters. The summed E-state index contributed by atoms with van der Waals surface area (Å²) in [4.78, 5) is 0. The summed E-state index contributed by atoms with van der Waals surface area (Å²) in [6, 6.07) is -1.34. The van der Waals surface area contributed by atoms with Gasteiger partial charge in [-0.15, -0.1) is 0 Å². The molecule has 2 aliphatic rings. The van der Waals surface area contributed by atoms with E-state index in [2.05, 4.69) is 24.5 Å². The number of aliphatic hydroxyl groups is 8. The molecule has 12 nitrogen and oxygen atoms in total. The highest BCUT2D eigenvalue weighted by Gasteiger charge is 2.50. The highest BCUT2D eigenvalue weighted by Crippen LogP contribution is 2.40. The Morgan fingerprint density at radius 1 is 0.684 bits per heavy atom. The first kappa shape index (κ1) is 33.7. The summed E-state index contributed by atoms with van der Waals surface area (Å²) in [5.74, 6) is -0.369. The summed E-state index contributed by atoms with van der Waals surface area (Å²) < 4.78 is 12.2. The van der Waals surface area contributed by atoms with E-state index in [1.807, 2.05) is 13.8 Å². The number of ether oxygens (including phenoxy) is 2. The van der Waals surface area contributed by atoms with E-state index in [0.29, 0.717) is 12.8 Å². The number of hydrogen-bond donors (Lipinski definition) is 10. The molecule has 0 aromatic heterocycles. The van der Waals surface area contributed by atoms with Gasteiger partial charge >= 0.3 is 0 Å². The number of aliphatic hydroxyl groups excluding tert-OH is 8. The molecule has 12 heteroatoms. The van der Waals surface area contributed by atoms with Crippen molar-refractivity contribution in [3.63, 3.8) is 0 Å². The number of rotatable bonds is 13. The maximum absolute atomic E-state index is 11.3. The molecule has 0 aromatic carbocycles. The zero-order valence-electron chi connectivity index (χ0n) is 23.5. The fraction of sp³-hybridized carbons (Fsp3) is 1.00. The maximum Gasteiger partial charge on any atom is 0.110 e. The second kappa shape index (κ2) is 14.9. The summed E-state index contributed by atoms with van der Waals surface area (Å²) in [6.07, 6.45) is -8.93. The van der Waals surface area contributed by atoms with Crippen molar-refractivity contribution in [2.45, 2.75) is 114 Å². The SMILES string of the molecule is CNC1C(O)C(CC(CC2C(C)OC(C(O)C(O)CO)C(NC)C2O)C(C)C)C(C)OC1C(O)C(O)CO. The van der Waals surface area contributed by atoms with Crippen molar-refractivity contribution in [1.82, 2.24) is 10.6 Å². The molecule has 0 spiro atoms. The van der Waals surface area contributed by atoms with Crippen LogP contribution in [0.1, 0.15) is 40.5 Å². The van der Waals surface area contributed by atoms with E-state index in [-0.39, 0.29) is 23.7 Å². The fourth-order valence-electron chi connectivity index (χ4n) is 6.26. The van der Waals surface area contributed by atoms with Gasteiger partial charge in [-0.3, -0.25) is 0 Å². The normalized spacial score (nSPS) is 40.5. The van der Waals surface area contributed by atoms with Crippen LogP contribution in [0.15, 0.2) is 0 Å². The highest BCUT2D eigenvalue weighted by molar-refractivity contribution is 5.01. The third-order valence-electron chi connectivity index (χ3n) is 8.87. The van der Waals surface area contributed by atoms with Crippen LogP contribution in [0.2, 0.25) is 0 Å². The largest absolute Gasteiger partial charge is 0.394 e. The van der Waals surface area contributed by atoms with Gasteiger partial charge in [0.05, 0.1) is 49.7 Å². The molecule has 10 N–H and O–H groups in total. The molecule has 0 aromatic rings. The van der Waals surface area contributed by atoms with Crippen LogP contribution in [0.4, 0.5) is 0 Å². The van der Waals surface area contributed by atoms with Crippen LogP contribution in [0.25, 0.3) is 0 Å². The number of nitrogens with one attached hydrogen (secondary N) is 2. The zero-order chi connectivity index (χ0) is 28.9. The van der Waals surface area contributed by atoms with E-state index >= 15 is 0 Å². The molecule has 14 unspecified atom stereocenters.